The number of nitrogens with one attached hydrogen (secondary N) is 1. The van der Waals surface area contributed by atoms with Gasteiger partial charge in [-0.1, -0.05) is 26.7 Å². The minimum atomic E-state index is -0.128. The third kappa shape index (κ3) is 4.20. The van der Waals surface area contributed by atoms with Gasteiger partial charge in [0.05, 0.1) is 5.92 Å². The van der Waals surface area contributed by atoms with Crippen LogP contribution in [0.15, 0.2) is 0 Å². The molecule has 3 nitrogen and oxygen atoms in total. The molecule has 0 aromatic heterocycles. The fourth-order valence-electron chi connectivity index (χ4n) is 2.34. The van der Waals surface area contributed by atoms with E-state index in [1.54, 1.807) is 0 Å². The summed E-state index contributed by atoms with van der Waals surface area (Å²) in [6, 6.07) is 0.329. The zero-order valence-electron chi connectivity index (χ0n) is 9.96. The fraction of sp³-hybridized carbons (Fsp3) is 0.917. The van der Waals surface area contributed by atoms with Crippen LogP contribution in [-0.2, 0) is 4.79 Å². The summed E-state index contributed by atoms with van der Waals surface area (Å²) < 4.78 is 0. The van der Waals surface area contributed by atoms with Crippen molar-refractivity contribution in [2.75, 3.05) is 6.54 Å². The van der Waals surface area contributed by atoms with Crippen LogP contribution in [0.2, 0.25) is 0 Å². The van der Waals surface area contributed by atoms with Gasteiger partial charge < -0.3 is 11.1 Å². The summed E-state index contributed by atoms with van der Waals surface area (Å²) in [5.41, 5.74) is 5.41. The summed E-state index contributed by atoms with van der Waals surface area (Å²) in [7, 11) is 0. The number of hydrogen-bond donors (Lipinski definition) is 2. The van der Waals surface area contributed by atoms with Gasteiger partial charge in [-0.25, -0.2) is 0 Å². The van der Waals surface area contributed by atoms with Gasteiger partial charge in [-0.3, -0.25) is 4.79 Å². The molecule has 15 heavy (non-hydrogen) atoms. The predicted molar refractivity (Wildman–Crippen MR) is 62.4 cm³/mol. The Balaban J connectivity index is 2.33. The molecule has 0 aromatic rings. The standard InChI is InChI=1S/C12H24N2O/c1-9(2)5-3-7-11-10(12(13)15)6-4-8-14-11/h9-11,14H,3-8H2,1-2H3,(H2,13,15). The van der Waals surface area contributed by atoms with Gasteiger partial charge in [0.15, 0.2) is 0 Å². The molecule has 1 aliphatic rings. The Labute approximate surface area is 92.8 Å². The molecule has 0 bridgehead atoms. The van der Waals surface area contributed by atoms with E-state index in [1.807, 2.05) is 0 Å². The van der Waals surface area contributed by atoms with Gasteiger partial charge in [0.2, 0.25) is 5.91 Å². The van der Waals surface area contributed by atoms with Gasteiger partial charge in [-0.15, -0.1) is 0 Å². The average molecular weight is 212 g/mol. The summed E-state index contributed by atoms with van der Waals surface area (Å²) in [6.45, 7) is 5.51. The molecule has 1 heterocycles. The monoisotopic (exact) mass is 212 g/mol. The molecule has 1 rings (SSSR count). The predicted octanol–water partition coefficient (Wildman–Crippen LogP) is 1.67. The maximum absolute atomic E-state index is 11.2. The third-order valence-electron chi connectivity index (χ3n) is 3.25. The Morgan fingerprint density at radius 2 is 2.27 bits per heavy atom. The number of hydrogen-bond acceptors (Lipinski definition) is 2. The molecule has 0 aliphatic carbocycles. The lowest BCUT2D eigenvalue weighted by Crippen LogP contribution is -2.46. The van der Waals surface area contributed by atoms with Crippen LogP contribution in [0.5, 0.6) is 0 Å². The molecule has 3 heteroatoms. The van der Waals surface area contributed by atoms with Crippen molar-refractivity contribution >= 4 is 5.91 Å². The molecular formula is C12H24N2O. The molecule has 1 aliphatic heterocycles. The maximum Gasteiger partial charge on any atom is 0.222 e. The summed E-state index contributed by atoms with van der Waals surface area (Å²) >= 11 is 0. The van der Waals surface area contributed by atoms with E-state index in [4.69, 9.17) is 5.73 Å². The van der Waals surface area contributed by atoms with E-state index in [2.05, 4.69) is 19.2 Å². The quantitative estimate of drug-likeness (QED) is 0.728. The molecule has 0 spiro atoms. The Morgan fingerprint density at radius 3 is 2.87 bits per heavy atom. The van der Waals surface area contributed by atoms with E-state index >= 15 is 0 Å². The van der Waals surface area contributed by atoms with Crippen molar-refractivity contribution in [1.29, 1.82) is 0 Å². The smallest absolute Gasteiger partial charge is 0.222 e. The molecule has 1 amide bonds. The Bertz CT molecular complexity index is 204. The molecular weight excluding hydrogens is 188 g/mol. The minimum absolute atomic E-state index is 0.0610. The van der Waals surface area contributed by atoms with Crippen LogP contribution >= 0.6 is 0 Å². The lowest BCUT2D eigenvalue weighted by atomic mass is 9.86. The van der Waals surface area contributed by atoms with E-state index in [0.717, 1.165) is 31.7 Å². The van der Waals surface area contributed by atoms with Gasteiger partial charge in [0, 0.05) is 6.04 Å². The first-order valence-electron chi connectivity index (χ1n) is 6.14. The highest BCUT2D eigenvalue weighted by Gasteiger charge is 2.28. The summed E-state index contributed by atoms with van der Waals surface area (Å²) in [6.07, 6.45) is 5.57. The first-order chi connectivity index (χ1) is 7.11. The number of carbonyl (C=O) groups excluding carboxylic acids is 1. The van der Waals surface area contributed by atoms with Gasteiger partial charge in [0.25, 0.3) is 0 Å². The van der Waals surface area contributed by atoms with Crippen molar-refractivity contribution in [2.45, 2.75) is 52.0 Å². The average Bonchev–Trinajstić information content (AvgIpc) is 2.17. The molecule has 0 aromatic carbocycles. The summed E-state index contributed by atoms with van der Waals surface area (Å²) in [5, 5.41) is 3.42. The van der Waals surface area contributed by atoms with Crippen LogP contribution in [0.1, 0.15) is 46.0 Å². The fourth-order valence-corrected chi connectivity index (χ4v) is 2.34. The topological polar surface area (TPSA) is 55.1 Å². The summed E-state index contributed by atoms with van der Waals surface area (Å²) in [4.78, 5) is 11.2. The Morgan fingerprint density at radius 1 is 1.53 bits per heavy atom. The van der Waals surface area contributed by atoms with E-state index in [-0.39, 0.29) is 11.8 Å². The van der Waals surface area contributed by atoms with Crippen molar-refractivity contribution in [1.82, 2.24) is 5.32 Å². The summed E-state index contributed by atoms with van der Waals surface area (Å²) in [5.74, 6) is 0.684. The minimum Gasteiger partial charge on any atom is -0.369 e. The van der Waals surface area contributed by atoms with Crippen LogP contribution in [0.3, 0.4) is 0 Å². The molecule has 3 N–H and O–H groups in total. The molecule has 2 atom stereocenters. The second-order valence-corrected chi connectivity index (χ2v) is 5.04. The molecule has 1 saturated heterocycles. The van der Waals surface area contributed by atoms with Crippen LogP contribution in [0.25, 0.3) is 0 Å². The van der Waals surface area contributed by atoms with Crippen molar-refractivity contribution in [3.05, 3.63) is 0 Å². The first-order valence-corrected chi connectivity index (χ1v) is 6.14. The van der Waals surface area contributed by atoms with E-state index in [0.29, 0.717) is 6.04 Å². The third-order valence-corrected chi connectivity index (χ3v) is 3.25. The first kappa shape index (κ1) is 12.5. The van der Waals surface area contributed by atoms with Crippen molar-refractivity contribution in [3.63, 3.8) is 0 Å². The highest BCUT2D eigenvalue weighted by Crippen LogP contribution is 2.21. The Hall–Kier alpha value is -0.570. The largest absolute Gasteiger partial charge is 0.369 e. The van der Waals surface area contributed by atoms with Gasteiger partial charge >= 0.3 is 0 Å². The number of carbonyl (C=O) groups is 1. The highest BCUT2D eigenvalue weighted by molar-refractivity contribution is 5.77. The van der Waals surface area contributed by atoms with Crippen LogP contribution in [0, 0.1) is 11.8 Å². The van der Waals surface area contributed by atoms with E-state index in [1.165, 1.54) is 12.8 Å². The lowest BCUT2D eigenvalue weighted by Gasteiger charge is -2.30. The molecule has 0 radical (unpaired) electrons. The highest BCUT2D eigenvalue weighted by atomic mass is 16.1. The second kappa shape index (κ2) is 6.11. The molecule has 88 valence electrons. The molecule has 0 saturated carbocycles. The van der Waals surface area contributed by atoms with Crippen LogP contribution in [-0.4, -0.2) is 18.5 Å². The van der Waals surface area contributed by atoms with Gasteiger partial charge in [-0.2, -0.15) is 0 Å². The molecule has 1 fully saturated rings. The van der Waals surface area contributed by atoms with E-state index < -0.39 is 0 Å². The maximum atomic E-state index is 11.2. The van der Waals surface area contributed by atoms with Crippen molar-refractivity contribution in [2.24, 2.45) is 17.6 Å². The zero-order chi connectivity index (χ0) is 11.3. The SMILES string of the molecule is CC(C)CCCC1NCCCC1C(N)=O. The number of piperidine rings is 1. The number of primary amides is 1. The van der Waals surface area contributed by atoms with E-state index in [9.17, 15) is 4.79 Å². The number of amides is 1. The normalized spacial score (nSPS) is 26.9. The number of nitrogens with two attached hydrogens (primary N) is 1. The molecule has 2 unspecified atom stereocenters. The zero-order valence-corrected chi connectivity index (χ0v) is 9.96. The number of rotatable bonds is 5. The van der Waals surface area contributed by atoms with Crippen LogP contribution < -0.4 is 11.1 Å². The second-order valence-electron chi connectivity index (χ2n) is 5.04. The Kier molecular flexibility index (Phi) is 5.09. The van der Waals surface area contributed by atoms with Crippen molar-refractivity contribution < 1.29 is 4.79 Å². The van der Waals surface area contributed by atoms with Gasteiger partial charge in [0.1, 0.15) is 0 Å². The van der Waals surface area contributed by atoms with Crippen LogP contribution in [0.4, 0.5) is 0 Å². The van der Waals surface area contributed by atoms with Crippen molar-refractivity contribution in [3.8, 4) is 0 Å². The lowest BCUT2D eigenvalue weighted by molar-refractivity contribution is -0.123. The van der Waals surface area contributed by atoms with Gasteiger partial charge in [-0.05, 0) is 31.7 Å².